The second-order valence-electron chi connectivity index (χ2n) is 10.8. The summed E-state index contributed by atoms with van der Waals surface area (Å²) in [7, 11) is -8.26. The van der Waals surface area contributed by atoms with Gasteiger partial charge in [-0.3, -0.25) is 9.59 Å². The zero-order valence-corrected chi connectivity index (χ0v) is 25.9. The maximum Gasteiger partial charge on any atom is 0.330 e. The van der Waals surface area contributed by atoms with E-state index in [0.717, 1.165) is 31.5 Å². The van der Waals surface area contributed by atoms with Crippen LogP contribution < -0.4 is 16.0 Å². The normalized spacial score (nSPS) is 19.6. The number of sulfone groups is 1. The lowest BCUT2D eigenvalue weighted by Gasteiger charge is -2.33. The predicted molar refractivity (Wildman–Crippen MR) is 160 cm³/mol. The van der Waals surface area contributed by atoms with Crippen LogP contribution in [-0.4, -0.2) is 88.8 Å². The molecule has 2 aromatic carbocycles. The minimum Gasteiger partial charge on any atom is -0.464 e. The number of aryl methyl sites for hydroxylation is 1. The fourth-order valence-corrected chi connectivity index (χ4v) is 8.07. The van der Waals surface area contributed by atoms with Gasteiger partial charge in [-0.1, -0.05) is 29.8 Å². The third-order valence-electron chi connectivity index (χ3n) is 7.52. The number of nitrogens with zero attached hydrogens (tertiary/aromatic N) is 1. The van der Waals surface area contributed by atoms with Crippen molar-refractivity contribution in [3.63, 3.8) is 0 Å². The van der Waals surface area contributed by atoms with E-state index in [1.54, 1.807) is 50.2 Å². The van der Waals surface area contributed by atoms with Crippen molar-refractivity contribution in [1.82, 2.24) is 14.9 Å². The van der Waals surface area contributed by atoms with Crippen molar-refractivity contribution in [3.8, 4) is 0 Å². The van der Waals surface area contributed by atoms with Crippen molar-refractivity contribution in [2.24, 2.45) is 5.92 Å². The highest BCUT2D eigenvalue weighted by Crippen LogP contribution is 2.25. The summed E-state index contributed by atoms with van der Waals surface area (Å²) in [5, 5.41) is 8.91. The lowest BCUT2D eigenvalue weighted by molar-refractivity contribution is -0.151. The molecular weight excluding hydrogens is 596 g/mol. The van der Waals surface area contributed by atoms with Crippen molar-refractivity contribution in [3.05, 3.63) is 59.7 Å². The van der Waals surface area contributed by atoms with Gasteiger partial charge in [-0.05, 0) is 69.6 Å². The Morgan fingerprint density at radius 2 is 1.67 bits per heavy atom. The van der Waals surface area contributed by atoms with E-state index in [-0.39, 0.29) is 42.0 Å². The molecule has 4 rings (SSSR count). The Morgan fingerprint density at radius 3 is 2.28 bits per heavy atom. The molecule has 0 aliphatic carbocycles. The first-order chi connectivity index (χ1) is 20.4. The zero-order valence-electron chi connectivity index (χ0n) is 24.2. The first-order valence-corrected chi connectivity index (χ1v) is 17.5. The van der Waals surface area contributed by atoms with Crippen LogP contribution in [0.1, 0.15) is 30.9 Å². The Balaban J connectivity index is 1.67. The molecule has 3 N–H and O–H groups in total. The van der Waals surface area contributed by atoms with Crippen LogP contribution in [0.5, 0.6) is 0 Å². The Bertz CT molecular complexity index is 1520. The summed E-state index contributed by atoms with van der Waals surface area (Å²) in [5.74, 6) is -3.00. The summed E-state index contributed by atoms with van der Waals surface area (Å²) in [5.41, 5.74) is 1.82. The molecule has 2 saturated heterocycles. The maximum atomic E-state index is 14.0. The fourth-order valence-electron chi connectivity index (χ4n) is 5.14. The molecule has 0 spiro atoms. The summed E-state index contributed by atoms with van der Waals surface area (Å²) in [6.45, 7) is 4.77. The molecule has 12 nitrogen and oxygen atoms in total. The number of amides is 2. The van der Waals surface area contributed by atoms with Gasteiger partial charge in [0.2, 0.25) is 5.91 Å². The fraction of sp³-hybridized carbons (Fsp3) is 0.483. The third-order valence-corrected chi connectivity index (χ3v) is 11.0. The number of hydrogen-bond donors (Lipinski definition) is 3. The van der Waals surface area contributed by atoms with Gasteiger partial charge in [0.1, 0.15) is 12.1 Å². The first kappa shape index (κ1) is 32.6. The third kappa shape index (κ3) is 8.19. The quantitative estimate of drug-likeness (QED) is 0.321. The molecule has 2 amide bonds. The van der Waals surface area contributed by atoms with Gasteiger partial charge in [-0.25, -0.2) is 25.9 Å². The lowest BCUT2D eigenvalue weighted by atomic mass is 9.97. The molecule has 0 radical (unpaired) electrons. The van der Waals surface area contributed by atoms with Gasteiger partial charge in [-0.15, -0.1) is 0 Å². The average molecular weight is 635 g/mol. The van der Waals surface area contributed by atoms with Gasteiger partial charge in [0.15, 0.2) is 9.84 Å². The van der Waals surface area contributed by atoms with Gasteiger partial charge < -0.3 is 20.7 Å². The molecule has 1 unspecified atom stereocenters. The molecular formula is C29H38N4O8S2. The molecule has 43 heavy (non-hydrogen) atoms. The van der Waals surface area contributed by atoms with Crippen LogP contribution >= 0.6 is 0 Å². The van der Waals surface area contributed by atoms with Crippen molar-refractivity contribution in [2.45, 2.75) is 50.1 Å². The summed E-state index contributed by atoms with van der Waals surface area (Å²) in [4.78, 5) is 39.7. The van der Waals surface area contributed by atoms with E-state index >= 15 is 0 Å². The Labute approximate surface area is 252 Å². The van der Waals surface area contributed by atoms with Gasteiger partial charge in [0, 0.05) is 24.6 Å². The average Bonchev–Trinajstić information content (AvgIpc) is 2.97. The van der Waals surface area contributed by atoms with Crippen LogP contribution in [0.2, 0.25) is 0 Å². The van der Waals surface area contributed by atoms with Crippen LogP contribution in [0.25, 0.3) is 0 Å². The molecule has 2 aromatic rings. The van der Waals surface area contributed by atoms with E-state index in [0.29, 0.717) is 15.6 Å². The van der Waals surface area contributed by atoms with Crippen LogP contribution in [0, 0.1) is 12.8 Å². The lowest BCUT2D eigenvalue weighted by Crippen LogP contribution is -2.59. The monoisotopic (exact) mass is 634 g/mol. The molecule has 2 aliphatic rings. The van der Waals surface area contributed by atoms with E-state index in [4.69, 9.17) is 4.74 Å². The van der Waals surface area contributed by atoms with Crippen LogP contribution in [0.4, 0.5) is 5.69 Å². The second kappa shape index (κ2) is 14.0. The molecule has 2 heterocycles. The van der Waals surface area contributed by atoms with Gasteiger partial charge in [0.05, 0.1) is 23.0 Å². The number of piperidine rings is 1. The smallest absolute Gasteiger partial charge is 0.330 e. The highest BCUT2D eigenvalue weighted by atomic mass is 32.2. The van der Waals surface area contributed by atoms with E-state index in [1.807, 2.05) is 0 Å². The topological polar surface area (TPSA) is 168 Å². The molecule has 2 fully saturated rings. The van der Waals surface area contributed by atoms with Crippen molar-refractivity contribution in [2.75, 3.05) is 43.1 Å². The zero-order chi connectivity index (χ0) is 31.2. The van der Waals surface area contributed by atoms with E-state index in [1.165, 1.54) is 12.1 Å². The minimum absolute atomic E-state index is 0.0359. The molecule has 0 saturated carbocycles. The Morgan fingerprint density at radius 1 is 1.02 bits per heavy atom. The standard InChI is InChI=1S/C29H38N4O8S2/c1-3-41-29(36)26(18-21-6-8-23(9-7-21)32-27(34)22-12-14-30-15-13-22)33(28(35)25-19-42(37,38)17-16-31-25)43(39,40)24-10-4-20(2)5-11-24/h4-11,22,25-26,30-31H,3,12-19H2,1-2H3,(H,32,34)/t25?,26-/m0/s1. The number of ether oxygens (including phenoxy) is 1. The number of esters is 1. The van der Waals surface area contributed by atoms with E-state index in [2.05, 4.69) is 16.0 Å². The Kier molecular flexibility index (Phi) is 10.6. The van der Waals surface area contributed by atoms with Gasteiger partial charge in [0.25, 0.3) is 15.9 Å². The number of carbonyl (C=O) groups is 3. The SMILES string of the molecule is CCOC(=O)[C@H](Cc1ccc(NC(=O)C2CCNCC2)cc1)N(C(=O)C1CS(=O)(=O)CCN1)S(=O)(=O)c1ccc(C)cc1. The largest absolute Gasteiger partial charge is 0.464 e. The number of sulfonamides is 1. The second-order valence-corrected chi connectivity index (χ2v) is 14.8. The molecule has 0 aromatic heterocycles. The van der Waals surface area contributed by atoms with Crippen molar-refractivity contribution >= 4 is 43.3 Å². The van der Waals surface area contributed by atoms with Gasteiger partial charge in [-0.2, -0.15) is 0 Å². The number of anilines is 1. The maximum absolute atomic E-state index is 14.0. The summed E-state index contributed by atoms with van der Waals surface area (Å²) >= 11 is 0. The first-order valence-electron chi connectivity index (χ1n) is 14.3. The van der Waals surface area contributed by atoms with E-state index < -0.39 is 49.6 Å². The van der Waals surface area contributed by atoms with Crippen LogP contribution in [0.3, 0.4) is 0 Å². The summed E-state index contributed by atoms with van der Waals surface area (Å²) in [6, 6.07) is 9.35. The predicted octanol–water partition coefficient (Wildman–Crippen LogP) is 1.01. The Hall–Kier alpha value is -3.33. The molecule has 2 aliphatic heterocycles. The minimum atomic E-state index is -4.64. The highest BCUT2D eigenvalue weighted by Gasteiger charge is 2.45. The van der Waals surface area contributed by atoms with E-state index in [9.17, 15) is 31.2 Å². The molecule has 2 atom stereocenters. The van der Waals surface area contributed by atoms with Crippen molar-refractivity contribution in [1.29, 1.82) is 0 Å². The van der Waals surface area contributed by atoms with Crippen LogP contribution in [0.15, 0.2) is 53.4 Å². The molecule has 234 valence electrons. The number of rotatable bonds is 10. The van der Waals surface area contributed by atoms with Crippen molar-refractivity contribution < 1.29 is 36.0 Å². The number of benzene rings is 2. The number of nitrogens with one attached hydrogen (secondary N) is 3. The summed E-state index contributed by atoms with van der Waals surface area (Å²) < 4.78 is 58.5. The summed E-state index contributed by atoms with van der Waals surface area (Å²) in [6.07, 6.45) is 1.24. The van der Waals surface area contributed by atoms with Crippen LogP contribution in [-0.2, 0) is 45.4 Å². The number of carbonyl (C=O) groups excluding carboxylic acids is 3. The molecule has 0 bridgehead atoms. The molecule has 14 heteroatoms. The highest BCUT2D eigenvalue weighted by molar-refractivity contribution is 7.91. The number of hydrogen-bond acceptors (Lipinski definition) is 10. The van der Waals surface area contributed by atoms with Gasteiger partial charge >= 0.3 is 5.97 Å².